The molecule has 0 aromatic heterocycles. The molecule has 20 heavy (non-hydrogen) atoms. The number of hydrogen-bond donors (Lipinski definition) is 2. The Labute approximate surface area is 119 Å². The summed E-state index contributed by atoms with van der Waals surface area (Å²) in [6, 6.07) is 7.44. The number of aryl methyl sites for hydroxylation is 1. The molecule has 0 heterocycles. The Kier molecular flexibility index (Phi) is 5.13. The fourth-order valence-corrected chi connectivity index (χ4v) is 2.00. The van der Waals surface area contributed by atoms with Crippen LogP contribution in [0.3, 0.4) is 0 Å². The van der Waals surface area contributed by atoms with E-state index in [0.29, 0.717) is 13.1 Å². The normalized spacial score (nSPS) is 11.0. The molecule has 110 valence electrons. The van der Waals surface area contributed by atoms with E-state index in [1.165, 1.54) is 18.7 Å². The van der Waals surface area contributed by atoms with Gasteiger partial charge in [-0.3, -0.25) is 0 Å². The van der Waals surface area contributed by atoms with Gasteiger partial charge in [0.15, 0.2) is 0 Å². The molecular formula is C15H22N2O3. The van der Waals surface area contributed by atoms with E-state index < -0.39 is 11.5 Å². The van der Waals surface area contributed by atoms with Gasteiger partial charge in [0.1, 0.15) is 5.54 Å². The molecule has 5 heteroatoms. The van der Waals surface area contributed by atoms with Crippen LogP contribution in [0.15, 0.2) is 24.3 Å². The minimum absolute atomic E-state index is 0.332. The first kappa shape index (κ1) is 16.0. The van der Waals surface area contributed by atoms with Crippen LogP contribution < -0.4 is 5.32 Å². The molecule has 0 aliphatic rings. The van der Waals surface area contributed by atoms with Crippen molar-refractivity contribution in [3.63, 3.8) is 0 Å². The molecule has 0 fully saturated rings. The Balaban J connectivity index is 2.72. The van der Waals surface area contributed by atoms with Gasteiger partial charge in [0.25, 0.3) is 0 Å². The first-order chi connectivity index (χ1) is 9.28. The maximum Gasteiger partial charge on any atom is 0.329 e. The van der Waals surface area contributed by atoms with Crippen LogP contribution >= 0.6 is 0 Å². The summed E-state index contributed by atoms with van der Waals surface area (Å²) in [5, 5.41) is 12.0. The van der Waals surface area contributed by atoms with E-state index in [1.807, 2.05) is 31.2 Å². The van der Waals surface area contributed by atoms with E-state index in [4.69, 9.17) is 0 Å². The Morgan fingerprint density at radius 2 is 2.00 bits per heavy atom. The zero-order valence-electron chi connectivity index (χ0n) is 12.4. The average molecular weight is 278 g/mol. The number of benzene rings is 1. The lowest BCUT2D eigenvalue weighted by Gasteiger charge is -2.34. The van der Waals surface area contributed by atoms with E-state index in [2.05, 4.69) is 5.32 Å². The molecular weight excluding hydrogens is 256 g/mol. The molecule has 0 aliphatic heterocycles. The highest BCUT2D eigenvalue weighted by atomic mass is 16.4. The lowest BCUT2D eigenvalue weighted by atomic mass is 10.0. The fourth-order valence-electron chi connectivity index (χ4n) is 2.00. The number of aliphatic carboxylic acids is 1. The number of carbonyl (C=O) groups excluding carboxylic acids is 1. The highest BCUT2D eigenvalue weighted by molar-refractivity contribution is 5.85. The Bertz CT molecular complexity index is 498. The Morgan fingerprint density at radius 3 is 2.50 bits per heavy atom. The number of nitrogens with one attached hydrogen (secondary N) is 1. The molecule has 0 saturated heterocycles. The van der Waals surface area contributed by atoms with E-state index in [-0.39, 0.29) is 6.03 Å². The van der Waals surface area contributed by atoms with Crippen molar-refractivity contribution >= 4 is 12.0 Å². The van der Waals surface area contributed by atoms with Crippen LogP contribution in [0.1, 0.15) is 31.9 Å². The highest BCUT2D eigenvalue weighted by Gasteiger charge is 2.36. The molecule has 0 atom stereocenters. The summed E-state index contributed by atoms with van der Waals surface area (Å²) < 4.78 is 0. The van der Waals surface area contributed by atoms with Gasteiger partial charge < -0.3 is 15.3 Å². The number of hydrogen-bond acceptors (Lipinski definition) is 2. The summed E-state index contributed by atoms with van der Waals surface area (Å²) >= 11 is 0. The number of carbonyl (C=O) groups is 2. The van der Waals surface area contributed by atoms with Crippen molar-refractivity contribution in [2.24, 2.45) is 0 Å². The van der Waals surface area contributed by atoms with Gasteiger partial charge in [0.2, 0.25) is 0 Å². The summed E-state index contributed by atoms with van der Waals surface area (Å²) in [4.78, 5) is 24.7. The minimum atomic E-state index is -1.23. The third-order valence-corrected chi connectivity index (χ3v) is 3.29. The van der Waals surface area contributed by atoms with Crippen LogP contribution in [0.25, 0.3) is 0 Å². The third kappa shape index (κ3) is 3.73. The van der Waals surface area contributed by atoms with Gasteiger partial charge in [-0.2, -0.15) is 0 Å². The van der Waals surface area contributed by atoms with Crippen molar-refractivity contribution in [2.45, 2.75) is 39.8 Å². The number of amides is 2. The lowest BCUT2D eigenvalue weighted by Crippen LogP contribution is -2.55. The van der Waals surface area contributed by atoms with Crippen LogP contribution in [0.4, 0.5) is 4.79 Å². The molecule has 5 nitrogen and oxygen atoms in total. The minimum Gasteiger partial charge on any atom is -0.480 e. The predicted octanol–water partition coefficient (Wildman–Crippen LogP) is 2.39. The van der Waals surface area contributed by atoms with Crippen LogP contribution in [-0.2, 0) is 11.3 Å². The van der Waals surface area contributed by atoms with Gasteiger partial charge in [-0.15, -0.1) is 0 Å². The number of nitrogens with zero attached hydrogens (tertiary/aromatic N) is 1. The summed E-state index contributed by atoms with van der Waals surface area (Å²) in [6.07, 6.45) is 0. The van der Waals surface area contributed by atoms with Crippen LogP contribution in [0.5, 0.6) is 0 Å². The zero-order valence-corrected chi connectivity index (χ0v) is 12.4. The highest BCUT2D eigenvalue weighted by Crippen LogP contribution is 2.15. The van der Waals surface area contributed by atoms with E-state index >= 15 is 0 Å². The predicted molar refractivity (Wildman–Crippen MR) is 77.5 cm³/mol. The van der Waals surface area contributed by atoms with Crippen LogP contribution in [-0.4, -0.2) is 34.1 Å². The first-order valence-electron chi connectivity index (χ1n) is 6.63. The topological polar surface area (TPSA) is 69.6 Å². The number of likely N-dealkylation sites (N-methyl/N-ethyl adjacent to an activating group) is 1. The molecule has 0 bridgehead atoms. The number of rotatable bonds is 5. The molecule has 0 spiro atoms. The largest absolute Gasteiger partial charge is 0.480 e. The molecule has 1 rings (SSSR count). The van der Waals surface area contributed by atoms with Crippen LogP contribution in [0, 0.1) is 6.92 Å². The summed E-state index contributed by atoms with van der Waals surface area (Å²) in [5.41, 5.74) is 0.878. The average Bonchev–Trinajstić information content (AvgIpc) is 2.36. The maximum atomic E-state index is 12.1. The second-order valence-corrected chi connectivity index (χ2v) is 5.26. The molecule has 2 amide bonds. The molecule has 1 aromatic carbocycles. The molecule has 0 saturated carbocycles. The summed E-state index contributed by atoms with van der Waals surface area (Å²) in [7, 11) is 0. The summed E-state index contributed by atoms with van der Waals surface area (Å²) in [6.45, 7) is 7.50. The number of carboxylic acid groups (broad SMARTS) is 1. The quantitative estimate of drug-likeness (QED) is 0.869. The molecule has 2 N–H and O–H groups in total. The van der Waals surface area contributed by atoms with Gasteiger partial charge in [-0.25, -0.2) is 9.59 Å². The van der Waals surface area contributed by atoms with Gasteiger partial charge in [-0.1, -0.05) is 29.8 Å². The Hall–Kier alpha value is -2.04. The van der Waals surface area contributed by atoms with Crippen molar-refractivity contribution in [2.75, 3.05) is 6.54 Å². The maximum absolute atomic E-state index is 12.1. The zero-order chi connectivity index (χ0) is 15.3. The first-order valence-corrected chi connectivity index (χ1v) is 6.63. The lowest BCUT2D eigenvalue weighted by molar-refractivity contribution is -0.147. The number of urea groups is 1. The molecule has 1 aromatic rings. The SMILES string of the molecule is CCN(C(=O)NCc1cccc(C)c1)C(C)(C)C(=O)O. The second-order valence-electron chi connectivity index (χ2n) is 5.26. The van der Waals surface area contributed by atoms with Crippen molar-refractivity contribution < 1.29 is 14.7 Å². The smallest absolute Gasteiger partial charge is 0.329 e. The standard InChI is InChI=1S/C15H22N2O3/c1-5-17(15(3,4)13(18)19)14(20)16-10-12-8-6-7-11(2)9-12/h6-9H,5,10H2,1-4H3,(H,16,20)(H,18,19). The van der Waals surface area contributed by atoms with Gasteiger partial charge in [-0.05, 0) is 33.3 Å². The Morgan fingerprint density at radius 1 is 1.35 bits per heavy atom. The van der Waals surface area contributed by atoms with Crippen molar-refractivity contribution in [1.82, 2.24) is 10.2 Å². The van der Waals surface area contributed by atoms with Gasteiger partial charge in [0.05, 0.1) is 0 Å². The van der Waals surface area contributed by atoms with Crippen LogP contribution in [0.2, 0.25) is 0 Å². The fraction of sp³-hybridized carbons (Fsp3) is 0.467. The molecule has 0 radical (unpaired) electrons. The van der Waals surface area contributed by atoms with Gasteiger partial charge in [0, 0.05) is 13.1 Å². The monoisotopic (exact) mass is 278 g/mol. The van der Waals surface area contributed by atoms with Crippen molar-refractivity contribution in [3.05, 3.63) is 35.4 Å². The molecule has 0 aliphatic carbocycles. The van der Waals surface area contributed by atoms with Gasteiger partial charge >= 0.3 is 12.0 Å². The third-order valence-electron chi connectivity index (χ3n) is 3.29. The van der Waals surface area contributed by atoms with Crippen molar-refractivity contribution in [1.29, 1.82) is 0 Å². The van der Waals surface area contributed by atoms with E-state index in [1.54, 1.807) is 6.92 Å². The van der Waals surface area contributed by atoms with Crippen molar-refractivity contribution in [3.8, 4) is 0 Å². The van der Waals surface area contributed by atoms with E-state index in [0.717, 1.165) is 11.1 Å². The number of carboxylic acids is 1. The second kappa shape index (κ2) is 6.41. The van der Waals surface area contributed by atoms with E-state index in [9.17, 15) is 14.7 Å². The summed E-state index contributed by atoms with van der Waals surface area (Å²) in [5.74, 6) is -1.02. The molecule has 0 unspecified atom stereocenters.